The lowest BCUT2D eigenvalue weighted by atomic mass is 10.0. The summed E-state index contributed by atoms with van der Waals surface area (Å²) in [4.78, 5) is -0.376. The van der Waals surface area contributed by atoms with Crippen molar-refractivity contribution in [2.45, 2.75) is 17.7 Å². The Bertz CT molecular complexity index is 542. The number of hydrogen-bond donors (Lipinski definition) is 2. The topological polar surface area (TPSA) is 81.4 Å². The van der Waals surface area contributed by atoms with Crippen molar-refractivity contribution in [1.82, 2.24) is 4.72 Å². The van der Waals surface area contributed by atoms with Crippen LogP contribution in [0.1, 0.15) is 12.8 Å². The van der Waals surface area contributed by atoms with Gasteiger partial charge in [0.2, 0.25) is 10.0 Å². The highest BCUT2D eigenvalue weighted by Gasteiger charge is 2.21. The normalized spacial score (nSPS) is 20.4. The lowest BCUT2D eigenvalue weighted by Gasteiger charge is -2.22. The summed E-state index contributed by atoms with van der Waals surface area (Å²) in [7, 11) is -3.84. The molecule has 0 spiro atoms. The second-order valence-corrected chi connectivity index (χ2v) is 6.36. The van der Waals surface area contributed by atoms with Crippen molar-refractivity contribution in [2.24, 2.45) is 5.92 Å². The molecule has 0 aliphatic carbocycles. The van der Waals surface area contributed by atoms with Crippen LogP contribution in [0, 0.1) is 11.7 Å². The fourth-order valence-corrected chi connectivity index (χ4v) is 3.18. The second-order valence-electron chi connectivity index (χ2n) is 4.62. The van der Waals surface area contributed by atoms with Gasteiger partial charge in [0, 0.05) is 18.8 Å². The molecule has 1 aliphatic rings. The fourth-order valence-electron chi connectivity index (χ4n) is 2.01. The van der Waals surface area contributed by atoms with Crippen LogP contribution in [0.5, 0.6) is 0 Å². The summed E-state index contributed by atoms with van der Waals surface area (Å²) in [6, 6.07) is 3.53. The zero-order valence-electron chi connectivity index (χ0n) is 10.4. The number of ether oxygens (including phenoxy) is 1. The number of hydrogen-bond acceptors (Lipinski definition) is 4. The Kier molecular flexibility index (Phi) is 4.38. The fraction of sp³-hybridized carbons (Fsp3) is 0.500. The van der Waals surface area contributed by atoms with Crippen molar-refractivity contribution >= 4 is 15.7 Å². The Balaban J connectivity index is 2.05. The van der Waals surface area contributed by atoms with E-state index >= 15 is 0 Å². The molecule has 1 fully saturated rings. The van der Waals surface area contributed by atoms with E-state index in [1.165, 1.54) is 12.1 Å². The van der Waals surface area contributed by atoms with Gasteiger partial charge in [0.05, 0.1) is 6.61 Å². The molecule has 1 saturated heterocycles. The van der Waals surface area contributed by atoms with Crippen molar-refractivity contribution in [3.8, 4) is 0 Å². The highest BCUT2D eigenvalue weighted by Crippen LogP contribution is 2.18. The Morgan fingerprint density at radius 1 is 1.47 bits per heavy atom. The summed E-state index contributed by atoms with van der Waals surface area (Å²) in [6.07, 6.45) is 1.83. The van der Waals surface area contributed by atoms with Crippen LogP contribution in [-0.2, 0) is 14.8 Å². The summed E-state index contributed by atoms with van der Waals surface area (Å²) in [5, 5.41) is 0. The molecule has 1 heterocycles. The molecule has 19 heavy (non-hydrogen) atoms. The van der Waals surface area contributed by atoms with Crippen LogP contribution < -0.4 is 10.5 Å². The van der Waals surface area contributed by atoms with E-state index in [2.05, 4.69) is 4.72 Å². The van der Waals surface area contributed by atoms with Crippen LogP contribution in [-0.4, -0.2) is 28.2 Å². The number of halogens is 1. The Morgan fingerprint density at radius 3 is 2.89 bits per heavy atom. The molecule has 106 valence electrons. The number of nitrogen functional groups attached to an aromatic ring is 1. The molecular weight excluding hydrogens is 271 g/mol. The van der Waals surface area contributed by atoms with Crippen molar-refractivity contribution in [2.75, 3.05) is 25.5 Å². The quantitative estimate of drug-likeness (QED) is 0.813. The van der Waals surface area contributed by atoms with Crippen LogP contribution in [0.3, 0.4) is 0 Å². The molecule has 1 aliphatic heterocycles. The first kappa shape index (κ1) is 14.2. The first-order chi connectivity index (χ1) is 8.99. The van der Waals surface area contributed by atoms with Gasteiger partial charge >= 0.3 is 0 Å². The van der Waals surface area contributed by atoms with Crippen molar-refractivity contribution < 1.29 is 17.5 Å². The molecule has 7 heteroatoms. The van der Waals surface area contributed by atoms with E-state index in [1.54, 1.807) is 0 Å². The minimum absolute atomic E-state index is 0.139. The zero-order valence-corrected chi connectivity index (χ0v) is 11.2. The molecule has 0 amide bonds. The highest BCUT2D eigenvalue weighted by atomic mass is 32.2. The maximum Gasteiger partial charge on any atom is 0.243 e. The third-order valence-electron chi connectivity index (χ3n) is 3.06. The number of benzene rings is 1. The Labute approximate surface area is 112 Å². The predicted molar refractivity (Wildman–Crippen MR) is 69.5 cm³/mol. The minimum Gasteiger partial charge on any atom is -0.399 e. The zero-order chi connectivity index (χ0) is 13.9. The number of anilines is 1. The number of rotatable bonds is 4. The first-order valence-corrected chi connectivity index (χ1v) is 7.60. The van der Waals surface area contributed by atoms with E-state index in [9.17, 15) is 12.8 Å². The SMILES string of the molecule is Nc1ccc(S(=O)(=O)NCC2CCCOC2)c(F)c1. The molecule has 1 atom stereocenters. The third-order valence-corrected chi connectivity index (χ3v) is 4.52. The maximum atomic E-state index is 13.6. The molecule has 1 aromatic carbocycles. The highest BCUT2D eigenvalue weighted by molar-refractivity contribution is 7.89. The van der Waals surface area contributed by atoms with E-state index in [1.807, 2.05) is 0 Å². The average Bonchev–Trinajstić information content (AvgIpc) is 2.37. The predicted octanol–water partition coefficient (Wildman–Crippen LogP) is 1.11. The van der Waals surface area contributed by atoms with E-state index in [0.29, 0.717) is 6.61 Å². The van der Waals surface area contributed by atoms with Crippen molar-refractivity contribution in [3.63, 3.8) is 0 Å². The standard InChI is InChI=1S/C12H17FN2O3S/c13-11-6-10(14)3-4-12(11)19(16,17)15-7-9-2-1-5-18-8-9/h3-4,6,9,15H,1-2,5,7-8,14H2. The summed E-state index contributed by atoms with van der Waals surface area (Å²) < 4.78 is 45.2. The van der Waals surface area contributed by atoms with Gasteiger partial charge in [0.1, 0.15) is 10.7 Å². The monoisotopic (exact) mass is 288 g/mol. The first-order valence-electron chi connectivity index (χ1n) is 6.11. The third kappa shape index (κ3) is 3.65. The van der Waals surface area contributed by atoms with Gasteiger partial charge in [-0.1, -0.05) is 0 Å². The van der Waals surface area contributed by atoms with E-state index in [0.717, 1.165) is 25.5 Å². The van der Waals surface area contributed by atoms with E-state index < -0.39 is 15.8 Å². The van der Waals surface area contributed by atoms with Crippen LogP contribution in [0.15, 0.2) is 23.1 Å². The molecule has 2 rings (SSSR count). The summed E-state index contributed by atoms with van der Waals surface area (Å²) in [5.41, 5.74) is 5.58. The van der Waals surface area contributed by atoms with E-state index in [4.69, 9.17) is 10.5 Å². The summed E-state index contributed by atoms with van der Waals surface area (Å²) in [5.74, 6) is -0.701. The summed E-state index contributed by atoms with van der Waals surface area (Å²) >= 11 is 0. The lowest BCUT2D eigenvalue weighted by molar-refractivity contribution is 0.0568. The Morgan fingerprint density at radius 2 is 2.26 bits per heavy atom. The van der Waals surface area contributed by atoms with Crippen molar-refractivity contribution in [1.29, 1.82) is 0 Å². The maximum absolute atomic E-state index is 13.6. The van der Waals surface area contributed by atoms with E-state index in [-0.39, 0.29) is 23.0 Å². The minimum atomic E-state index is -3.84. The van der Waals surface area contributed by atoms with Crippen LogP contribution >= 0.6 is 0 Å². The molecule has 1 unspecified atom stereocenters. The van der Waals surface area contributed by atoms with Crippen LogP contribution in [0.2, 0.25) is 0 Å². The van der Waals surface area contributed by atoms with Crippen LogP contribution in [0.25, 0.3) is 0 Å². The average molecular weight is 288 g/mol. The van der Waals surface area contributed by atoms with Gasteiger partial charge in [-0.15, -0.1) is 0 Å². The molecule has 3 N–H and O–H groups in total. The second kappa shape index (κ2) is 5.85. The smallest absolute Gasteiger partial charge is 0.243 e. The number of nitrogens with one attached hydrogen (secondary N) is 1. The van der Waals surface area contributed by atoms with Gasteiger partial charge in [-0.2, -0.15) is 0 Å². The molecule has 0 radical (unpaired) electrons. The number of sulfonamides is 1. The van der Waals surface area contributed by atoms with Crippen LogP contribution in [0.4, 0.5) is 10.1 Å². The molecule has 0 saturated carbocycles. The van der Waals surface area contributed by atoms with Gasteiger partial charge in [-0.25, -0.2) is 17.5 Å². The van der Waals surface area contributed by atoms with Crippen molar-refractivity contribution in [3.05, 3.63) is 24.0 Å². The molecule has 1 aromatic rings. The molecule has 5 nitrogen and oxygen atoms in total. The largest absolute Gasteiger partial charge is 0.399 e. The van der Waals surface area contributed by atoms with Gasteiger partial charge in [0.15, 0.2) is 0 Å². The lowest BCUT2D eigenvalue weighted by Crippen LogP contribution is -2.33. The summed E-state index contributed by atoms with van der Waals surface area (Å²) in [6.45, 7) is 1.51. The van der Waals surface area contributed by atoms with Gasteiger partial charge in [-0.3, -0.25) is 0 Å². The van der Waals surface area contributed by atoms with Gasteiger partial charge in [0.25, 0.3) is 0 Å². The molecule has 0 bridgehead atoms. The Hall–Kier alpha value is -1.18. The number of nitrogens with two attached hydrogens (primary N) is 1. The molecular formula is C12H17FN2O3S. The molecule has 0 aromatic heterocycles. The van der Waals surface area contributed by atoms with Gasteiger partial charge in [-0.05, 0) is 37.0 Å². The van der Waals surface area contributed by atoms with Gasteiger partial charge < -0.3 is 10.5 Å².